The topological polar surface area (TPSA) is 24.5 Å². The molecule has 4 atom stereocenters. The van der Waals surface area contributed by atoms with Crippen LogP contribution >= 0.6 is 0 Å². The summed E-state index contributed by atoms with van der Waals surface area (Å²) in [5, 5.41) is 3.63. The van der Waals surface area contributed by atoms with Gasteiger partial charge in [0.2, 0.25) is 0 Å². The summed E-state index contributed by atoms with van der Waals surface area (Å²) in [6.07, 6.45) is 5.60. The summed E-state index contributed by atoms with van der Waals surface area (Å²) in [4.78, 5) is 2.67. The fourth-order valence-corrected chi connectivity index (χ4v) is 3.49. The molecule has 18 heavy (non-hydrogen) atoms. The summed E-state index contributed by atoms with van der Waals surface area (Å²) in [6, 6.07) is 1.41. The van der Waals surface area contributed by atoms with Gasteiger partial charge in [0.25, 0.3) is 0 Å². The van der Waals surface area contributed by atoms with Gasteiger partial charge in [0.05, 0.1) is 6.10 Å². The molecular weight excluding hydrogens is 224 g/mol. The maximum atomic E-state index is 5.73. The largest absolute Gasteiger partial charge is 0.378 e. The van der Waals surface area contributed by atoms with Crippen LogP contribution in [-0.2, 0) is 4.74 Å². The molecule has 0 aromatic heterocycles. The lowest BCUT2D eigenvalue weighted by Crippen LogP contribution is -2.53. The molecule has 2 rings (SSSR count). The fourth-order valence-electron chi connectivity index (χ4n) is 3.49. The molecule has 106 valence electrons. The Morgan fingerprint density at radius 1 is 1.28 bits per heavy atom. The zero-order valence-electron chi connectivity index (χ0n) is 12.3. The van der Waals surface area contributed by atoms with E-state index in [-0.39, 0.29) is 0 Å². The molecule has 0 saturated carbocycles. The zero-order valence-corrected chi connectivity index (χ0v) is 12.3. The summed E-state index contributed by atoms with van der Waals surface area (Å²) in [5.74, 6) is 0.753. The third-order valence-electron chi connectivity index (χ3n) is 4.93. The van der Waals surface area contributed by atoms with Crippen molar-refractivity contribution in [2.45, 2.75) is 64.6 Å². The molecule has 2 aliphatic heterocycles. The molecule has 3 heteroatoms. The van der Waals surface area contributed by atoms with E-state index >= 15 is 0 Å². The summed E-state index contributed by atoms with van der Waals surface area (Å²) in [6.45, 7) is 11.5. The number of hydrogen-bond acceptors (Lipinski definition) is 3. The maximum absolute atomic E-state index is 5.73. The molecule has 0 aromatic carbocycles. The van der Waals surface area contributed by atoms with Crippen molar-refractivity contribution in [1.29, 1.82) is 0 Å². The highest BCUT2D eigenvalue weighted by Crippen LogP contribution is 2.25. The van der Waals surface area contributed by atoms with Crippen LogP contribution in [-0.4, -0.2) is 49.3 Å². The van der Waals surface area contributed by atoms with Crippen molar-refractivity contribution in [3.63, 3.8) is 0 Å². The molecule has 0 aromatic rings. The van der Waals surface area contributed by atoms with Crippen molar-refractivity contribution < 1.29 is 4.74 Å². The first-order chi connectivity index (χ1) is 8.72. The van der Waals surface area contributed by atoms with Gasteiger partial charge in [-0.1, -0.05) is 13.8 Å². The second kappa shape index (κ2) is 6.88. The highest BCUT2D eigenvalue weighted by Gasteiger charge is 2.32. The summed E-state index contributed by atoms with van der Waals surface area (Å²) in [7, 11) is 0. The lowest BCUT2D eigenvalue weighted by Gasteiger charge is -2.43. The van der Waals surface area contributed by atoms with Gasteiger partial charge in [0.15, 0.2) is 0 Å². The first-order valence-corrected chi connectivity index (χ1v) is 7.81. The first-order valence-electron chi connectivity index (χ1n) is 7.81. The second-order valence-corrected chi connectivity index (χ2v) is 6.01. The molecule has 4 unspecified atom stereocenters. The van der Waals surface area contributed by atoms with E-state index in [1.54, 1.807) is 0 Å². The van der Waals surface area contributed by atoms with Crippen LogP contribution in [0.25, 0.3) is 0 Å². The molecule has 0 bridgehead atoms. The van der Waals surface area contributed by atoms with Crippen LogP contribution in [0.4, 0.5) is 0 Å². The van der Waals surface area contributed by atoms with Gasteiger partial charge < -0.3 is 15.0 Å². The fraction of sp³-hybridized carbons (Fsp3) is 1.00. The normalized spacial score (nSPS) is 38.2. The van der Waals surface area contributed by atoms with Crippen LogP contribution in [0.2, 0.25) is 0 Å². The van der Waals surface area contributed by atoms with E-state index in [9.17, 15) is 0 Å². The van der Waals surface area contributed by atoms with Crippen molar-refractivity contribution in [2.75, 3.05) is 26.2 Å². The third kappa shape index (κ3) is 3.46. The van der Waals surface area contributed by atoms with Crippen LogP contribution in [0, 0.1) is 5.92 Å². The highest BCUT2D eigenvalue weighted by atomic mass is 16.5. The van der Waals surface area contributed by atoms with Gasteiger partial charge in [0, 0.05) is 25.2 Å². The van der Waals surface area contributed by atoms with Crippen LogP contribution in [0.15, 0.2) is 0 Å². The Morgan fingerprint density at radius 2 is 2.11 bits per heavy atom. The number of piperidine rings is 1. The molecule has 2 aliphatic rings. The van der Waals surface area contributed by atoms with E-state index in [4.69, 9.17) is 4.74 Å². The van der Waals surface area contributed by atoms with Crippen LogP contribution < -0.4 is 5.32 Å². The molecule has 2 fully saturated rings. The number of likely N-dealkylation sites (tertiary alicyclic amines) is 1. The molecule has 2 heterocycles. The Morgan fingerprint density at radius 3 is 2.78 bits per heavy atom. The van der Waals surface area contributed by atoms with Gasteiger partial charge in [0.1, 0.15) is 0 Å². The number of ether oxygens (including phenoxy) is 1. The smallest absolute Gasteiger partial charge is 0.0588 e. The van der Waals surface area contributed by atoms with Crippen molar-refractivity contribution in [3.8, 4) is 0 Å². The van der Waals surface area contributed by atoms with E-state index in [2.05, 4.69) is 31.0 Å². The number of hydrogen-bond donors (Lipinski definition) is 1. The monoisotopic (exact) mass is 254 g/mol. The minimum Gasteiger partial charge on any atom is -0.378 e. The van der Waals surface area contributed by atoms with E-state index in [1.807, 2.05) is 0 Å². The van der Waals surface area contributed by atoms with Gasteiger partial charge >= 0.3 is 0 Å². The summed E-state index contributed by atoms with van der Waals surface area (Å²) >= 11 is 0. The van der Waals surface area contributed by atoms with Crippen molar-refractivity contribution >= 4 is 0 Å². The summed E-state index contributed by atoms with van der Waals surface area (Å²) in [5.41, 5.74) is 0. The van der Waals surface area contributed by atoms with Crippen molar-refractivity contribution in [1.82, 2.24) is 10.2 Å². The first kappa shape index (κ1) is 14.3. The van der Waals surface area contributed by atoms with Crippen LogP contribution in [0.5, 0.6) is 0 Å². The molecule has 1 N–H and O–H groups in total. The Bertz CT molecular complexity index is 241. The van der Waals surface area contributed by atoms with Gasteiger partial charge in [-0.15, -0.1) is 0 Å². The standard InChI is InChI=1S/C15H30N2O/c1-4-16-15-8-10-17(13(3)12(15)2)9-7-14-6-5-11-18-14/h12-16H,4-11H2,1-3H3. The Hall–Kier alpha value is -0.120. The predicted molar refractivity (Wildman–Crippen MR) is 75.9 cm³/mol. The quantitative estimate of drug-likeness (QED) is 0.814. The SMILES string of the molecule is CCNC1CCN(CCC2CCCO2)C(C)C1C. The lowest BCUT2D eigenvalue weighted by atomic mass is 9.86. The minimum absolute atomic E-state index is 0.541. The van der Waals surface area contributed by atoms with E-state index in [1.165, 1.54) is 38.8 Å². The average Bonchev–Trinajstić information content (AvgIpc) is 2.87. The molecule has 2 saturated heterocycles. The van der Waals surface area contributed by atoms with Crippen molar-refractivity contribution in [3.05, 3.63) is 0 Å². The number of rotatable bonds is 5. The van der Waals surface area contributed by atoms with Gasteiger partial charge in [-0.3, -0.25) is 0 Å². The molecular formula is C15H30N2O. The van der Waals surface area contributed by atoms with Crippen molar-refractivity contribution in [2.24, 2.45) is 5.92 Å². The zero-order chi connectivity index (χ0) is 13.0. The van der Waals surface area contributed by atoms with E-state index in [0.29, 0.717) is 18.2 Å². The molecule has 0 radical (unpaired) electrons. The molecule has 3 nitrogen and oxygen atoms in total. The third-order valence-corrected chi connectivity index (χ3v) is 4.93. The van der Waals surface area contributed by atoms with E-state index in [0.717, 1.165) is 19.1 Å². The Kier molecular flexibility index (Phi) is 5.46. The number of nitrogens with one attached hydrogen (secondary N) is 1. The molecule has 0 aliphatic carbocycles. The Balaban J connectivity index is 1.76. The minimum atomic E-state index is 0.541. The summed E-state index contributed by atoms with van der Waals surface area (Å²) < 4.78 is 5.73. The van der Waals surface area contributed by atoms with E-state index < -0.39 is 0 Å². The van der Waals surface area contributed by atoms with Gasteiger partial charge in [-0.05, 0) is 51.6 Å². The predicted octanol–water partition coefficient (Wildman–Crippen LogP) is 2.26. The highest BCUT2D eigenvalue weighted by molar-refractivity contribution is 4.88. The molecule has 0 spiro atoms. The van der Waals surface area contributed by atoms with Crippen LogP contribution in [0.1, 0.15) is 46.5 Å². The number of nitrogens with zero attached hydrogens (tertiary/aromatic N) is 1. The average molecular weight is 254 g/mol. The lowest BCUT2D eigenvalue weighted by molar-refractivity contribution is 0.0535. The van der Waals surface area contributed by atoms with Crippen LogP contribution in [0.3, 0.4) is 0 Å². The van der Waals surface area contributed by atoms with Gasteiger partial charge in [-0.2, -0.15) is 0 Å². The van der Waals surface area contributed by atoms with Gasteiger partial charge in [-0.25, -0.2) is 0 Å². The Labute approximate surface area is 112 Å². The maximum Gasteiger partial charge on any atom is 0.0588 e. The molecule has 0 amide bonds. The second-order valence-electron chi connectivity index (χ2n) is 6.01.